The van der Waals surface area contributed by atoms with Crippen LogP contribution in [0.1, 0.15) is 308 Å². The third-order valence-electron chi connectivity index (χ3n) is 13.6. The molecule has 0 aromatic carbocycles. The highest BCUT2D eigenvalue weighted by Gasteiger charge is 2.23. The minimum absolute atomic E-state index is 0.0185. The van der Waals surface area contributed by atoms with E-state index in [-0.39, 0.29) is 12.6 Å². The molecular formula is C70H160FN7O2. The van der Waals surface area contributed by atoms with E-state index >= 15 is 0 Å². The molecule has 494 valence electrons. The van der Waals surface area contributed by atoms with Crippen molar-refractivity contribution in [1.29, 1.82) is 0 Å². The molecule has 0 aromatic heterocycles. The summed E-state index contributed by atoms with van der Waals surface area (Å²) in [5.41, 5.74) is 21.8. The van der Waals surface area contributed by atoms with Crippen LogP contribution in [-0.4, -0.2) is 92.0 Å². The fraction of sp³-hybridized carbons (Fsp3) is 1.00. The summed E-state index contributed by atoms with van der Waals surface area (Å²) in [4.78, 5) is 0. The second-order valence-corrected chi connectivity index (χ2v) is 28.7. The van der Waals surface area contributed by atoms with Gasteiger partial charge in [0.05, 0.1) is 6.61 Å². The third-order valence-corrected chi connectivity index (χ3v) is 13.6. The molecule has 0 amide bonds. The molecule has 8 unspecified atom stereocenters. The molecule has 3 heterocycles. The predicted octanol–water partition coefficient (Wildman–Crippen LogP) is 17.5. The van der Waals surface area contributed by atoms with E-state index in [0.717, 1.165) is 123 Å². The first-order valence-electron chi connectivity index (χ1n) is 34.2. The van der Waals surface area contributed by atoms with E-state index in [9.17, 15) is 4.39 Å². The number of aliphatic hydroxyl groups excluding tert-OH is 2. The van der Waals surface area contributed by atoms with Gasteiger partial charge in [-0.15, -0.1) is 0 Å². The van der Waals surface area contributed by atoms with Gasteiger partial charge in [0, 0.05) is 49.4 Å². The van der Waals surface area contributed by atoms with Crippen molar-refractivity contribution in [2.75, 3.05) is 39.4 Å². The fourth-order valence-electron chi connectivity index (χ4n) is 9.12. The van der Waals surface area contributed by atoms with Crippen molar-refractivity contribution in [3.8, 4) is 0 Å². The molecule has 9 nitrogen and oxygen atoms in total. The van der Waals surface area contributed by atoms with Gasteiger partial charge in [-0.25, -0.2) is 4.39 Å². The Balaban J connectivity index is -0.000000148. The van der Waals surface area contributed by atoms with E-state index in [4.69, 9.17) is 33.1 Å². The number of hydrogen-bond acceptors (Lipinski definition) is 9. The first kappa shape index (κ1) is 93.3. The molecule has 0 aromatic rings. The maximum Gasteiger partial charge on any atom is 0.114 e. The smallest absolute Gasteiger partial charge is 0.114 e. The Morgan fingerprint density at radius 2 is 0.887 bits per heavy atom. The quantitative estimate of drug-likeness (QED) is 0.0362. The van der Waals surface area contributed by atoms with Gasteiger partial charge in [-0.2, -0.15) is 0 Å². The lowest BCUT2D eigenvalue weighted by Crippen LogP contribution is -2.43. The van der Waals surface area contributed by atoms with Crippen molar-refractivity contribution < 1.29 is 14.6 Å². The van der Waals surface area contributed by atoms with Crippen LogP contribution < -0.4 is 38.9 Å². The summed E-state index contributed by atoms with van der Waals surface area (Å²) in [5, 5.41) is 26.9. The normalized spacial score (nSPS) is 18.7. The molecule has 8 atom stereocenters. The Hall–Kier alpha value is -0.430. The largest absolute Gasteiger partial charge is 0.396 e. The molecule has 3 fully saturated rings. The first-order valence-corrected chi connectivity index (χ1v) is 34.2. The van der Waals surface area contributed by atoms with Gasteiger partial charge in [-0.3, -0.25) is 0 Å². The zero-order valence-electron chi connectivity index (χ0n) is 59.6. The summed E-state index contributed by atoms with van der Waals surface area (Å²) in [6.45, 7) is 59.7. The third kappa shape index (κ3) is 96.7. The Morgan fingerprint density at radius 3 is 1.10 bits per heavy atom. The molecule has 3 aliphatic rings. The highest BCUT2D eigenvalue weighted by Crippen LogP contribution is 2.17. The van der Waals surface area contributed by atoms with E-state index in [0.29, 0.717) is 43.1 Å². The number of unbranched alkanes of at least 4 members (excludes halogenated alkanes) is 3. The second kappa shape index (κ2) is 67.7. The van der Waals surface area contributed by atoms with Crippen molar-refractivity contribution in [3.63, 3.8) is 0 Å². The SMILES string of the molecule is CC(C)CC(C)N.CC(C)CC(N)CO.CC(C)CC1CC(F)CN1.CC(C)CC1CCCN1.CC(C)CC1CCN1.CC(C)CCCCCO.CC(C)CCN.CCC(C)CC(C)C.CCC(N)CC(C)C.CCCCC(C)C. The molecule has 0 saturated carbocycles. The van der Waals surface area contributed by atoms with Crippen LogP contribution >= 0.6 is 0 Å². The van der Waals surface area contributed by atoms with Crippen LogP contribution in [0.25, 0.3) is 0 Å². The number of alkyl halides is 1. The van der Waals surface area contributed by atoms with Crippen molar-refractivity contribution in [2.45, 2.75) is 350 Å². The van der Waals surface area contributed by atoms with Gasteiger partial charge in [0.2, 0.25) is 0 Å². The molecule has 10 heteroatoms. The average molecular weight is 1150 g/mol. The summed E-state index contributed by atoms with van der Waals surface area (Å²) in [6.07, 6.45) is 25.2. The van der Waals surface area contributed by atoms with Gasteiger partial charge >= 0.3 is 0 Å². The van der Waals surface area contributed by atoms with Gasteiger partial charge in [0.1, 0.15) is 6.17 Å². The molecular weight excluding hydrogens is 990 g/mol. The zero-order valence-corrected chi connectivity index (χ0v) is 59.6. The maximum atomic E-state index is 12.6. The standard InChI is InChI=1S/C8H16FN.C8H17N.C8H18O.C8H18.C7H15N.C7H17N.C7H16.C6H15NO.C6H15N.C5H13N/c1-6(2)3-8-4-7(9)5-10-8;1-7(2)6-8-4-3-5-9-8;1-8(2)6-4-3-5-7-9;1-5-8(4)6-7(2)3;1-6(2)5-7-3-4-8-7;1-4-7(8)5-6(2)3;1-4-5-6-7(2)3;1-5(2)3-6(7)4-8;1-5(2)4-6(3)7;1-5(2)3-4-6/h6-8,10H,3-5H2,1-2H3;7-9H,3-6H2,1-2H3;8-9H,3-7H2,1-2H3;7-8H,5-6H2,1-4H3;6-8H,3-5H2,1-2H3;6-7H,4-5,8H2,1-3H3;7H,4-6H2,1-3H3;5-6,8H,3-4,7H2,1-2H3;5-6H,4,7H2,1-3H3;5H,3-4,6H2,1-2H3. The predicted molar refractivity (Wildman–Crippen MR) is 365 cm³/mol. The highest BCUT2D eigenvalue weighted by atomic mass is 19.1. The van der Waals surface area contributed by atoms with Crippen molar-refractivity contribution in [3.05, 3.63) is 0 Å². The molecule has 3 aliphatic heterocycles. The fourth-order valence-corrected chi connectivity index (χ4v) is 9.12. The number of aliphatic hydroxyl groups is 2. The summed E-state index contributed by atoms with van der Waals surface area (Å²) in [6, 6.07) is 2.92. The van der Waals surface area contributed by atoms with Gasteiger partial charge in [-0.1, -0.05) is 211 Å². The molecule has 0 aliphatic carbocycles. The minimum Gasteiger partial charge on any atom is -0.396 e. The Bertz CT molecular complexity index is 1040. The van der Waals surface area contributed by atoms with E-state index in [1.165, 1.54) is 96.6 Å². The van der Waals surface area contributed by atoms with Gasteiger partial charge < -0.3 is 49.1 Å². The highest BCUT2D eigenvalue weighted by molar-refractivity contribution is 4.82. The Morgan fingerprint density at radius 1 is 0.450 bits per heavy atom. The molecule has 0 radical (unpaired) electrons. The summed E-state index contributed by atoms with van der Waals surface area (Å²) in [5.74, 6) is 8.82. The van der Waals surface area contributed by atoms with E-state index in [1.807, 2.05) is 6.92 Å². The Labute approximate surface area is 506 Å². The van der Waals surface area contributed by atoms with Crippen LogP contribution in [0.2, 0.25) is 0 Å². The van der Waals surface area contributed by atoms with Gasteiger partial charge in [0.15, 0.2) is 0 Å². The molecule has 80 heavy (non-hydrogen) atoms. The van der Waals surface area contributed by atoms with Crippen molar-refractivity contribution in [1.82, 2.24) is 16.0 Å². The van der Waals surface area contributed by atoms with E-state index in [1.54, 1.807) is 0 Å². The van der Waals surface area contributed by atoms with Crippen molar-refractivity contribution >= 4 is 0 Å². The number of rotatable bonds is 27. The number of halogens is 1. The molecule has 0 spiro atoms. The minimum atomic E-state index is -0.594. The van der Waals surface area contributed by atoms with Crippen LogP contribution in [-0.2, 0) is 0 Å². The lowest BCUT2D eigenvalue weighted by molar-refractivity contribution is 0.250. The molecule has 3 saturated heterocycles. The number of hydrogen-bond donors (Lipinski definition) is 9. The van der Waals surface area contributed by atoms with Crippen molar-refractivity contribution in [2.24, 2.45) is 88.0 Å². The summed E-state index contributed by atoms with van der Waals surface area (Å²) >= 11 is 0. The Kier molecular flexibility index (Phi) is 78.9. The lowest BCUT2D eigenvalue weighted by Gasteiger charge is -2.28. The van der Waals surface area contributed by atoms with Crippen LogP contribution in [0.15, 0.2) is 0 Å². The van der Waals surface area contributed by atoms with Crippen LogP contribution in [0.5, 0.6) is 0 Å². The van der Waals surface area contributed by atoms with Gasteiger partial charge in [-0.05, 0) is 182 Å². The molecule has 0 bridgehead atoms. The topological polar surface area (TPSA) is 181 Å². The first-order chi connectivity index (χ1) is 37.2. The monoisotopic (exact) mass is 1150 g/mol. The summed E-state index contributed by atoms with van der Waals surface area (Å²) < 4.78 is 12.6. The maximum absolute atomic E-state index is 12.6. The number of nitrogens with one attached hydrogen (secondary N) is 3. The number of nitrogens with two attached hydrogens (primary N) is 4. The average Bonchev–Trinajstić information content (AvgIpc) is 3.99. The molecule has 3 rings (SSSR count). The second-order valence-electron chi connectivity index (χ2n) is 28.7. The van der Waals surface area contributed by atoms with Crippen LogP contribution in [0, 0.1) is 65.1 Å². The zero-order chi connectivity index (χ0) is 63.6. The molecule has 13 N–H and O–H groups in total. The van der Waals surface area contributed by atoms with Crippen LogP contribution in [0.3, 0.4) is 0 Å². The van der Waals surface area contributed by atoms with Gasteiger partial charge in [0.25, 0.3) is 0 Å². The lowest BCUT2D eigenvalue weighted by atomic mass is 9.96. The van der Waals surface area contributed by atoms with E-state index < -0.39 is 6.17 Å². The van der Waals surface area contributed by atoms with Crippen LogP contribution in [0.4, 0.5) is 4.39 Å². The summed E-state index contributed by atoms with van der Waals surface area (Å²) in [7, 11) is 0. The van der Waals surface area contributed by atoms with E-state index in [2.05, 4.69) is 182 Å².